The Hall–Kier alpha value is -3.97. The second kappa shape index (κ2) is 12.1. The summed E-state index contributed by atoms with van der Waals surface area (Å²) in [6.45, 7) is 10.2. The predicted molar refractivity (Wildman–Crippen MR) is 172 cm³/mol. The van der Waals surface area contributed by atoms with Crippen LogP contribution in [0.4, 0.5) is 14.5 Å². The van der Waals surface area contributed by atoms with E-state index in [1.54, 1.807) is 29.0 Å². The number of aryl methyl sites for hydroxylation is 1. The minimum absolute atomic E-state index is 0.0273. The van der Waals surface area contributed by atoms with E-state index in [-0.39, 0.29) is 57.2 Å². The lowest BCUT2D eigenvalue weighted by Gasteiger charge is -2.42. The van der Waals surface area contributed by atoms with Crippen molar-refractivity contribution in [2.24, 2.45) is 0 Å². The standard InChI is InChI=1S/C32H35F2N5O4S2/c1-7-24(41)38-14-13-37(16-19(38)5)29-20-15-22(34)27(25-21(33)9-8-10-23(25)40)36-31(20)39(32(44)30(29)45(6,42)43)28-18(4)11-12-35-26(28)17(2)3/h8-12,15,17,19,40H,7,13-14,16H2,1-6H3/t19-/m1/s1. The molecule has 1 amide bonds. The third kappa shape index (κ3) is 5.67. The van der Waals surface area contributed by atoms with Crippen LogP contribution in [0.2, 0.25) is 0 Å². The van der Waals surface area contributed by atoms with Crippen LogP contribution in [0, 0.1) is 23.2 Å². The maximum absolute atomic E-state index is 16.1. The van der Waals surface area contributed by atoms with E-state index in [0.29, 0.717) is 29.9 Å². The fourth-order valence-corrected chi connectivity index (χ4v) is 7.77. The highest BCUT2D eigenvalue weighted by atomic mass is 32.2. The Morgan fingerprint density at radius 2 is 1.87 bits per heavy atom. The van der Waals surface area contributed by atoms with Crippen molar-refractivity contribution in [2.45, 2.75) is 57.9 Å². The number of carbonyl (C=O) groups is 1. The van der Waals surface area contributed by atoms with Crippen LogP contribution >= 0.6 is 12.2 Å². The Balaban J connectivity index is 1.96. The van der Waals surface area contributed by atoms with Gasteiger partial charge in [0.25, 0.3) is 0 Å². The van der Waals surface area contributed by atoms with Gasteiger partial charge in [0.05, 0.1) is 22.6 Å². The zero-order chi connectivity index (χ0) is 33.0. The van der Waals surface area contributed by atoms with Crippen molar-refractivity contribution < 1.29 is 27.1 Å². The molecule has 1 N–H and O–H groups in total. The van der Waals surface area contributed by atoms with Crippen molar-refractivity contribution >= 4 is 44.7 Å². The predicted octanol–water partition coefficient (Wildman–Crippen LogP) is 6.08. The summed E-state index contributed by atoms with van der Waals surface area (Å²) in [7, 11) is -4.04. The molecular formula is C32H35F2N5O4S2. The van der Waals surface area contributed by atoms with Crippen LogP contribution in [-0.4, -0.2) is 70.8 Å². The number of amides is 1. The number of carbonyl (C=O) groups excluding carboxylic acids is 1. The van der Waals surface area contributed by atoms with Gasteiger partial charge in [-0.05, 0) is 49.6 Å². The minimum atomic E-state index is -4.04. The van der Waals surface area contributed by atoms with Gasteiger partial charge in [0, 0.05) is 49.9 Å². The number of pyridine rings is 3. The molecule has 9 nitrogen and oxygen atoms in total. The van der Waals surface area contributed by atoms with Gasteiger partial charge in [-0.25, -0.2) is 22.2 Å². The highest BCUT2D eigenvalue weighted by Gasteiger charge is 2.34. The van der Waals surface area contributed by atoms with Crippen molar-refractivity contribution in [3.63, 3.8) is 0 Å². The van der Waals surface area contributed by atoms with E-state index in [0.717, 1.165) is 18.4 Å². The first-order valence-electron chi connectivity index (χ1n) is 14.6. The number of aromatic hydroxyl groups is 1. The Bertz CT molecular complexity index is 1990. The van der Waals surface area contributed by atoms with Crippen molar-refractivity contribution in [2.75, 3.05) is 30.8 Å². The van der Waals surface area contributed by atoms with Crippen LogP contribution in [0.25, 0.3) is 28.0 Å². The van der Waals surface area contributed by atoms with Gasteiger partial charge in [-0.2, -0.15) is 0 Å². The quantitative estimate of drug-likeness (QED) is 0.249. The van der Waals surface area contributed by atoms with Crippen LogP contribution in [-0.2, 0) is 14.6 Å². The van der Waals surface area contributed by atoms with Gasteiger partial charge in [-0.1, -0.05) is 39.1 Å². The lowest BCUT2D eigenvalue weighted by molar-refractivity contribution is -0.133. The van der Waals surface area contributed by atoms with Gasteiger partial charge in [0.1, 0.15) is 32.4 Å². The third-order valence-electron chi connectivity index (χ3n) is 8.13. The average molecular weight is 656 g/mol. The molecule has 4 heterocycles. The summed E-state index contributed by atoms with van der Waals surface area (Å²) in [5, 5.41) is 10.7. The van der Waals surface area contributed by atoms with Gasteiger partial charge in [-0.15, -0.1) is 0 Å². The molecule has 5 rings (SSSR count). The van der Waals surface area contributed by atoms with Crippen LogP contribution < -0.4 is 4.90 Å². The van der Waals surface area contributed by atoms with E-state index < -0.39 is 38.5 Å². The lowest BCUT2D eigenvalue weighted by atomic mass is 10.0. The number of benzene rings is 1. The van der Waals surface area contributed by atoms with E-state index in [2.05, 4.69) is 9.97 Å². The lowest BCUT2D eigenvalue weighted by Crippen LogP contribution is -2.54. The molecule has 1 aliphatic rings. The molecule has 3 aromatic heterocycles. The number of fused-ring (bicyclic) bond motifs is 1. The van der Waals surface area contributed by atoms with E-state index >= 15 is 8.78 Å². The summed E-state index contributed by atoms with van der Waals surface area (Å²) >= 11 is 5.98. The number of rotatable bonds is 6. The molecule has 45 heavy (non-hydrogen) atoms. The average Bonchev–Trinajstić information content (AvgIpc) is 2.96. The number of nitrogens with zero attached hydrogens (tertiary/aromatic N) is 5. The Morgan fingerprint density at radius 1 is 1.16 bits per heavy atom. The molecular weight excluding hydrogens is 621 g/mol. The summed E-state index contributed by atoms with van der Waals surface area (Å²) < 4.78 is 59.9. The van der Waals surface area contributed by atoms with Crippen LogP contribution in [0.3, 0.4) is 0 Å². The zero-order valence-electron chi connectivity index (χ0n) is 25.9. The van der Waals surface area contributed by atoms with Gasteiger partial charge in [0.2, 0.25) is 5.91 Å². The van der Waals surface area contributed by atoms with E-state index in [9.17, 15) is 18.3 Å². The number of piperazine rings is 1. The van der Waals surface area contributed by atoms with E-state index in [4.69, 9.17) is 12.2 Å². The van der Waals surface area contributed by atoms with Crippen LogP contribution in [0.15, 0.2) is 41.4 Å². The Kier molecular flexibility index (Phi) is 8.71. The molecule has 1 fully saturated rings. The monoisotopic (exact) mass is 655 g/mol. The highest BCUT2D eigenvalue weighted by Crippen LogP contribution is 2.42. The zero-order valence-corrected chi connectivity index (χ0v) is 27.6. The number of phenolic OH excluding ortho intramolecular Hbond substituents is 1. The molecule has 0 unspecified atom stereocenters. The number of hydrogen-bond acceptors (Lipinski definition) is 8. The van der Waals surface area contributed by atoms with Gasteiger partial charge >= 0.3 is 0 Å². The summed E-state index contributed by atoms with van der Waals surface area (Å²) in [6, 6.07) is 6.20. The summed E-state index contributed by atoms with van der Waals surface area (Å²) in [5.74, 6) is -2.51. The number of phenols is 1. The SMILES string of the molecule is CCC(=O)N1CCN(c2c(S(C)(=O)=O)c(=S)n(-c3c(C)ccnc3C(C)C)c3nc(-c4c(O)cccc4F)c(F)cc23)C[C@H]1C. The maximum Gasteiger partial charge on any atom is 0.222 e. The third-order valence-corrected chi connectivity index (χ3v) is 9.77. The molecule has 0 saturated carbocycles. The van der Waals surface area contributed by atoms with Crippen molar-refractivity contribution in [1.82, 2.24) is 19.4 Å². The van der Waals surface area contributed by atoms with Crippen molar-refractivity contribution in [1.29, 1.82) is 0 Å². The molecule has 0 aliphatic carbocycles. The van der Waals surface area contributed by atoms with Crippen LogP contribution in [0.1, 0.15) is 51.3 Å². The molecule has 0 spiro atoms. The highest BCUT2D eigenvalue weighted by molar-refractivity contribution is 7.91. The van der Waals surface area contributed by atoms with Crippen LogP contribution in [0.5, 0.6) is 5.75 Å². The first-order chi connectivity index (χ1) is 21.2. The van der Waals surface area contributed by atoms with Gasteiger partial charge in [0.15, 0.2) is 15.7 Å². The molecule has 238 valence electrons. The molecule has 13 heteroatoms. The fourth-order valence-electron chi connectivity index (χ4n) is 6.04. The fraction of sp³-hybridized carbons (Fsp3) is 0.375. The second-order valence-electron chi connectivity index (χ2n) is 11.7. The van der Waals surface area contributed by atoms with Gasteiger partial charge in [-0.3, -0.25) is 14.3 Å². The smallest absolute Gasteiger partial charge is 0.222 e. The van der Waals surface area contributed by atoms with Gasteiger partial charge < -0.3 is 14.9 Å². The topological polar surface area (TPSA) is 109 Å². The van der Waals surface area contributed by atoms with E-state index in [1.807, 2.05) is 27.7 Å². The molecule has 4 aromatic rings. The molecule has 1 saturated heterocycles. The largest absolute Gasteiger partial charge is 0.507 e. The number of anilines is 1. The Morgan fingerprint density at radius 3 is 2.47 bits per heavy atom. The maximum atomic E-state index is 16.1. The van der Waals surface area contributed by atoms with Crippen molar-refractivity contribution in [3.8, 4) is 22.7 Å². The molecule has 0 radical (unpaired) electrons. The Labute approximate surface area is 266 Å². The minimum Gasteiger partial charge on any atom is -0.507 e. The number of hydrogen-bond donors (Lipinski definition) is 1. The van der Waals surface area contributed by atoms with E-state index in [1.165, 1.54) is 16.7 Å². The number of sulfone groups is 1. The second-order valence-corrected chi connectivity index (χ2v) is 14.0. The summed E-state index contributed by atoms with van der Waals surface area (Å²) in [4.78, 5) is 25.1. The number of halogens is 2. The first kappa shape index (κ1) is 32.4. The number of aromatic nitrogens is 3. The summed E-state index contributed by atoms with van der Waals surface area (Å²) in [6.07, 6.45) is 3.01. The molecule has 1 atom stereocenters. The van der Waals surface area contributed by atoms with Crippen molar-refractivity contribution in [3.05, 3.63) is 64.1 Å². The summed E-state index contributed by atoms with van der Waals surface area (Å²) in [5.41, 5.74) is 1.12. The molecule has 1 aromatic carbocycles. The first-order valence-corrected chi connectivity index (χ1v) is 16.9. The molecule has 0 bridgehead atoms. The molecule has 1 aliphatic heterocycles. The normalized spacial score (nSPS) is 15.7.